The summed E-state index contributed by atoms with van der Waals surface area (Å²) in [5.41, 5.74) is 2.42. The number of aliphatic hydroxyl groups excluding tert-OH is 1. The van der Waals surface area contributed by atoms with E-state index in [9.17, 15) is 5.11 Å². The molecule has 0 heterocycles. The van der Waals surface area contributed by atoms with Crippen LogP contribution < -0.4 is 0 Å². The maximum Gasteiger partial charge on any atom is 0.0594 e. The summed E-state index contributed by atoms with van der Waals surface area (Å²) in [6.45, 7) is 13.5. The Morgan fingerprint density at radius 3 is 2.57 bits per heavy atom. The van der Waals surface area contributed by atoms with E-state index < -0.39 is 0 Å². The van der Waals surface area contributed by atoms with Gasteiger partial charge in [0.1, 0.15) is 0 Å². The lowest BCUT2D eigenvalue weighted by Crippen LogP contribution is -2.55. The van der Waals surface area contributed by atoms with Gasteiger partial charge >= 0.3 is 0 Å². The first kappa shape index (κ1) is 15.3. The standard InChI is InChI=1S/C20H32O/c1-6-19(4)11-9-15-14(13-19)7-8-16-18(2,3)17(21)10-12-20(15,16)5/h6-7,15-17,21H,1,8-13H2,2-5H3/t15-,16-,17?,19-,20+/m0/s1. The number of hydrogen-bond donors (Lipinski definition) is 1. The molecule has 1 N–H and O–H groups in total. The van der Waals surface area contributed by atoms with Crippen LogP contribution >= 0.6 is 0 Å². The number of rotatable bonds is 1. The molecule has 0 aromatic rings. The fourth-order valence-electron chi connectivity index (χ4n) is 5.81. The molecule has 1 heteroatoms. The number of hydrogen-bond acceptors (Lipinski definition) is 1. The lowest BCUT2D eigenvalue weighted by atomic mass is 9.45. The van der Waals surface area contributed by atoms with E-state index >= 15 is 0 Å². The summed E-state index contributed by atoms with van der Waals surface area (Å²) in [5.74, 6) is 1.35. The Labute approximate surface area is 130 Å². The van der Waals surface area contributed by atoms with Gasteiger partial charge in [0.05, 0.1) is 6.10 Å². The summed E-state index contributed by atoms with van der Waals surface area (Å²) >= 11 is 0. The molecule has 2 fully saturated rings. The minimum Gasteiger partial charge on any atom is -0.393 e. The van der Waals surface area contributed by atoms with Gasteiger partial charge in [0.2, 0.25) is 0 Å². The highest BCUT2D eigenvalue weighted by atomic mass is 16.3. The summed E-state index contributed by atoms with van der Waals surface area (Å²) in [6.07, 6.45) is 11.7. The van der Waals surface area contributed by atoms with Crippen molar-refractivity contribution in [1.29, 1.82) is 0 Å². The third-order valence-corrected chi connectivity index (χ3v) is 7.47. The molecule has 21 heavy (non-hydrogen) atoms. The van der Waals surface area contributed by atoms with E-state index in [0.717, 1.165) is 18.8 Å². The Morgan fingerprint density at radius 2 is 1.90 bits per heavy atom. The molecule has 1 unspecified atom stereocenters. The van der Waals surface area contributed by atoms with E-state index in [-0.39, 0.29) is 11.5 Å². The lowest BCUT2D eigenvalue weighted by Gasteiger charge is -2.60. The highest BCUT2D eigenvalue weighted by Crippen LogP contribution is 2.63. The predicted molar refractivity (Wildman–Crippen MR) is 89.0 cm³/mol. The van der Waals surface area contributed by atoms with Crippen LogP contribution in [0.5, 0.6) is 0 Å². The Morgan fingerprint density at radius 1 is 1.19 bits per heavy atom. The van der Waals surface area contributed by atoms with Crippen molar-refractivity contribution < 1.29 is 5.11 Å². The number of aliphatic hydroxyl groups is 1. The molecule has 3 aliphatic rings. The average Bonchev–Trinajstić information content (AvgIpc) is 2.43. The second-order valence-corrected chi connectivity index (χ2v) is 9.08. The first-order chi connectivity index (χ1) is 9.73. The molecule has 0 amide bonds. The molecule has 3 aliphatic carbocycles. The van der Waals surface area contributed by atoms with Crippen LogP contribution in [0.1, 0.15) is 66.2 Å². The van der Waals surface area contributed by atoms with Gasteiger partial charge in [-0.05, 0) is 66.6 Å². The van der Waals surface area contributed by atoms with Crippen LogP contribution in [-0.4, -0.2) is 11.2 Å². The summed E-state index contributed by atoms with van der Waals surface area (Å²) in [7, 11) is 0. The van der Waals surface area contributed by atoms with Crippen LogP contribution in [0, 0.1) is 28.1 Å². The van der Waals surface area contributed by atoms with E-state index in [1.807, 2.05) is 0 Å². The van der Waals surface area contributed by atoms with E-state index in [1.54, 1.807) is 5.57 Å². The SMILES string of the molecule is C=C[C@@]1(C)CC[C@H]2C(=CC[C@H]3C(C)(C)C(O)CC[C@]23C)C1. The van der Waals surface area contributed by atoms with E-state index in [1.165, 1.54) is 25.7 Å². The Kier molecular flexibility index (Phi) is 3.44. The van der Waals surface area contributed by atoms with Gasteiger partial charge in [0.25, 0.3) is 0 Å². The van der Waals surface area contributed by atoms with Crippen molar-refractivity contribution in [2.24, 2.45) is 28.1 Å². The van der Waals surface area contributed by atoms with Gasteiger partial charge in [-0.25, -0.2) is 0 Å². The summed E-state index contributed by atoms with van der Waals surface area (Å²) in [5, 5.41) is 10.5. The second kappa shape index (κ2) is 4.72. The van der Waals surface area contributed by atoms with Crippen molar-refractivity contribution in [3.8, 4) is 0 Å². The first-order valence-electron chi connectivity index (χ1n) is 8.73. The maximum atomic E-state index is 10.5. The molecule has 118 valence electrons. The lowest BCUT2D eigenvalue weighted by molar-refractivity contribution is -0.120. The zero-order valence-corrected chi connectivity index (χ0v) is 14.3. The van der Waals surface area contributed by atoms with Crippen LogP contribution in [0.4, 0.5) is 0 Å². The van der Waals surface area contributed by atoms with Crippen molar-refractivity contribution in [3.63, 3.8) is 0 Å². The molecule has 0 spiro atoms. The van der Waals surface area contributed by atoms with Gasteiger partial charge in [0.15, 0.2) is 0 Å². The fraction of sp³-hybridized carbons (Fsp3) is 0.800. The van der Waals surface area contributed by atoms with Crippen molar-refractivity contribution in [1.82, 2.24) is 0 Å². The molecule has 0 aromatic carbocycles. The predicted octanol–water partition coefficient (Wildman–Crippen LogP) is 5.11. The monoisotopic (exact) mass is 288 g/mol. The van der Waals surface area contributed by atoms with Crippen molar-refractivity contribution in [2.45, 2.75) is 72.3 Å². The van der Waals surface area contributed by atoms with Gasteiger partial charge in [-0.3, -0.25) is 0 Å². The van der Waals surface area contributed by atoms with Crippen LogP contribution in [0.15, 0.2) is 24.3 Å². The minimum absolute atomic E-state index is 0.0498. The average molecular weight is 288 g/mol. The second-order valence-electron chi connectivity index (χ2n) is 9.08. The van der Waals surface area contributed by atoms with E-state index in [2.05, 4.69) is 46.4 Å². The van der Waals surface area contributed by atoms with Gasteiger partial charge in [-0.15, -0.1) is 6.58 Å². The highest BCUT2D eigenvalue weighted by Gasteiger charge is 2.56. The van der Waals surface area contributed by atoms with Crippen molar-refractivity contribution >= 4 is 0 Å². The zero-order chi connectivity index (χ0) is 15.5. The fourth-order valence-corrected chi connectivity index (χ4v) is 5.81. The molecule has 5 atom stereocenters. The Hall–Kier alpha value is -0.560. The highest BCUT2D eigenvalue weighted by molar-refractivity contribution is 5.25. The maximum absolute atomic E-state index is 10.5. The minimum atomic E-state index is -0.132. The molecule has 0 radical (unpaired) electrons. The Bertz CT molecular complexity index is 474. The molecule has 0 aromatic heterocycles. The summed E-state index contributed by atoms with van der Waals surface area (Å²) in [4.78, 5) is 0. The molecule has 0 saturated heterocycles. The largest absolute Gasteiger partial charge is 0.393 e. The van der Waals surface area contributed by atoms with Crippen LogP contribution in [-0.2, 0) is 0 Å². The smallest absolute Gasteiger partial charge is 0.0594 e. The number of allylic oxidation sites excluding steroid dienone is 3. The van der Waals surface area contributed by atoms with Crippen LogP contribution in [0.2, 0.25) is 0 Å². The zero-order valence-electron chi connectivity index (χ0n) is 14.3. The molecule has 2 saturated carbocycles. The van der Waals surface area contributed by atoms with Crippen molar-refractivity contribution in [3.05, 3.63) is 24.3 Å². The van der Waals surface area contributed by atoms with Crippen LogP contribution in [0.3, 0.4) is 0 Å². The first-order valence-corrected chi connectivity index (χ1v) is 8.73. The molecule has 3 rings (SSSR count). The summed E-state index contributed by atoms with van der Waals surface area (Å²) in [6, 6.07) is 0. The third kappa shape index (κ3) is 2.15. The van der Waals surface area contributed by atoms with E-state index in [4.69, 9.17) is 0 Å². The normalized spacial score (nSPS) is 48.8. The number of fused-ring (bicyclic) bond motifs is 3. The van der Waals surface area contributed by atoms with Crippen molar-refractivity contribution in [2.75, 3.05) is 0 Å². The molecular weight excluding hydrogens is 256 g/mol. The summed E-state index contributed by atoms with van der Waals surface area (Å²) < 4.78 is 0. The molecular formula is C20H32O. The molecule has 1 nitrogen and oxygen atoms in total. The topological polar surface area (TPSA) is 20.2 Å². The molecule has 0 aliphatic heterocycles. The quantitative estimate of drug-likeness (QED) is 0.665. The Balaban J connectivity index is 1.95. The van der Waals surface area contributed by atoms with Gasteiger partial charge in [-0.1, -0.05) is 45.4 Å². The van der Waals surface area contributed by atoms with E-state index in [0.29, 0.717) is 16.7 Å². The van der Waals surface area contributed by atoms with Crippen LogP contribution in [0.25, 0.3) is 0 Å². The molecule has 0 bridgehead atoms. The van der Waals surface area contributed by atoms with Gasteiger partial charge < -0.3 is 5.11 Å². The van der Waals surface area contributed by atoms with Gasteiger partial charge in [0, 0.05) is 0 Å². The van der Waals surface area contributed by atoms with Gasteiger partial charge in [-0.2, -0.15) is 0 Å². The third-order valence-electron chi connectivity index (χ3n) is 7.47.